The summed E-state index contributed by atoms with van der Waals surface area (Å²) in [7, 11) is 3.15. The molecule has 0 saturated heterocycles. The average molecular weight is 229 g/mol. The molecule has 4 nitrogen and oxygen atoms in total. The smallest absolute Gasteiger partial charge is 0.306 e. The maximum absolute atomic E-state index is 11.5. The Labute approximate surface area is 97.5 Å². The van der Waals surface area contributed by atoms with Gasteiger partial charge in [-0.1, -0.05) is 6.42 Å². The Balaban J connectivity index is 2.75. The van der Waals surface area contributed by atoms with Crippen molar-refractivity contribution in [2.45, 2.75) is 51.2 Å². The van der Waals surface area contributed by atoms with E-state index < -0.39 is 0 Å². The van der Waals surface area contributed by atoms with E-state index in [1.54, 1.807) is 7.11 Å². The second-order valence-corrected chi connectivity index (χ2v) is 4.86. The number of rotatable bonds is 4. The third-order valence-electron chi connectivity index (χ3n) is 3.86. The van der Waals surface area contributed by atoms with Gasteiger partial charge in [0.2, 0.25) is 0 Å². The molecule has 0 radical (unpaired) electrons. The van der Waals surface area contributed by atoms with Gasteiger partial charge in [-0.2, -0.15) is 0 Å². The minimum Gasteiger partial charge on any atom is -0.469 e. The number of hydrogen-bond donors (Lipinski definition) is 1. The summed E-state index contributed by atoms with van der Waals surface area (Å²) in [4.78, 5) is 11.5. The van der Waals surface area contributed by atoms with E-state index >= 15 is 0 Å². The fraction of sp³-hybridized carbons (Fsp3) is 0.917. The molecule has 0 bridgehead atoms. The quantitative estimate of drug-likeness (QED) is 0.742. The molecule has 2 N–H and O–H groups in total. The summed E-state index contributed by atoms with van der Waals surface area (Å²) in [5, 5.41) is 0. The van der Waals surface area contributed by atoms with Gasteiger partial charge in [0.1, 0.15) is 0 Å². The van der Waals surface area contributed by atoms with Crippen molar-refractivity contribution in [1.29, 1.82) is 0 Å². The molecule has 1 aliphatic rings. The molecule has 3 unspecified atom stereocenters. The molecule has 3 atom stereocenters. The Morgan fingerprint density at radius 3 is 2.75 bits per heavy atom. The van der Waals surface area contributed by atoms with Gasteiger partial charge in [-0.15, -0.1) is 0 Å². The first-order valence-corrected chi connectivity index (χ1v) is 5.89. The molecule has 0 spiro atoms. The lowest BCUT2D eigenvalue weighted by atomic mass is 9.66. The molecule has 1 fully saturated rings. The van der Waals surface area contributed by atoms with Crippen LogP contribution in [0.25, 0.3) is 0 Å². The summed E-state index contributed by atoms with van der Waals surface area (Å²) in [5.74, 6) is -0.172. The third-order valence-corrected chi connectivity index (χ3v) is 3.86. The van der Waals surface area contributed by atoms with Crippen LogP contribution in [0.15, 0.2) is 0 Å². The topological polar surface area (TPSA) is 61.5 Å². The lowest BCUT2D eigenvalue weighted by molar-refractivity contribution is -0.145. The van der Waals surface area contributed by atoms with Crippen LogP contribution in [-0.2, 0) is 14.3 Å². The average Bonchev–Trinajstić information content (AvgIpc) is 2.28. The van der Waals surface area contributed by atoms with Gasteiger partial charge >= 0.3 is 5.97 Å². The Hall–Kier alpha value is -0.610. The zero-order valence-corrected chi connectivity index (χ0v) is 10.5. The highest BCUT2D eigenvalue weighted by molar-refractivity contribution is 5.70. The zero-order chi connectivity index (χ0) is 12.2. The van der Waals surface area contributed by atoms with Crippen LogP contribution in [0, 0.1) is 5.41 Å². The van der Waals surface area contributed by atoms with E-state index in [1.807, 2.05) is 6.92 Å². The second-order valence-electron chi connectivity index (χ2n) is 4.86. The van der Waals surface area contributed by atoms with Crippen molar-refractivity contribution in [2.24, 2.45) is 11.1 Å². The highest BCUT2D eigenvalue weighted by Crippen LogP contribution is 2.42. The number of carbonyl (C=O) groups excluding carboxylic acids is 1. The molecule has 0 amide bonds. The summed E-state index contributed by atoms with van der Waals surface area (Å²) in [6.07, 6.45) is 4.60. The minimum atomic E-state index is -0.172. The van der Waals surface area contributed by atoms with E-state index in [9.17, 15) is 4.79 Å². The van der Waals surface area contributed by atoms with Crippen LogP contribution in [0.2, 0.25) is 0 Å². The standard InChI is InChI=1S/C12H23NO3/c1-9(13)12(8-11(14)16-3)6-4-5-10(7-12)15-2/h9-10H,4-8,13H2,1-3H3. The van der Waals surface area contributed by atoms with Gasteiger partial charge in [0.05, 0.1) is 19.6 Å². The van der Waals surface area contributed by atoms with Crippen LogP contribution in [0.1, 0.15) is 39.0 Å². The molecule has 1 aliphatic carbocycles. The van der Waals surface area contributed by atoms with Gasteiger partial charge in [0, 0.05) is 13.2 Å². The summed E-state index contributed by atoms with van der Waals surface area (Å²) >= 11 is 0. The molecule has 0 aromatic rings. The largest absolute Gasteiger partial charge is 0.469 e. The minimum absolute atomic E-state index is 0.00968. The van der Waals surface area contributed by atoms with Gasteiger partial charge in [0.25, 0.3) is 0 Å². The van der Waals surface area contributed by atoms with Crippen molar-refractivity contribution in [2.75, 3.05) is 14.2 Å². The van der Waals surface area contributed by atoms with Crippen LogP contribution >= 0.6 is 0 Å². The van der Waals surface area contributed by atoms with Crippen molar-refractivity contribution in [3.05, 3.63) is 0 Å². The van der Waals surface area contributed by atoms with Crippen LogP contribution < -0.4 is 5.73 Å². The summed E-state index contributed by atoms with van der Waals surface area (Å²) < 4.78 is 10.2. The van der Waals surface area contributed by atoms with Gasteiger partial charge in [-0.25, -0.2) is 0 Å². The third kappa shape index (κ3) is 2.95. The molecule has 0 aromatic carbocycles. The van der Waals surface area contributed by atoms with Gasteiger partial charge in [0.15, 0.2) is 0 Å². The van der Waals surface area contributed by atoms with Crippen LogP contribution in [0.3, 0.4) is 0 Å². The molecule has 4 heteroatoms. The van der Waals surface area contributed by atoms with Gasteiger partial charge in [-0.3, -0.25) is 4.79 Å². The highest BCUT2D eigenvalue weighted by Gasteiger charge is 2.41. The Morgan fingerprint density at radius 1 is 1.56 bits per heavy atom. The first-order valence-electron chi connectivity index (χ1n) is 5.89. The summed E-state index contributed by atoms with van der Waals surface area (Å²) in [6, 6.07) is -0.00968. The lowest BCUT2D eigenvalue weighted by Gasteiger charge is -2.42. The van der Waals surface area contributed by atoms with Crippen LogP contribution in [0.5, 0.6) is 0 Å². The van der Waals surface area contributed by atoms with Gasteiger partial charge in [-0.05, 0) is 31.6 Å². The van der Waals surface area contributed by atoms with E-state index in [0.717, 1.165) is 25.7 Å². The molecule has 94 valence electrons. The molecular formula is C12H23NO3. The number of carbonyl (C=O) groups is 1. The Morgan fingerprint density at radius 2 is 2.25 bits per heavy atom. The number of hydrogen-bond acceptors (Lipinski definition) is 4. The fourth-order valence-electron chi connectivity index (χ4n) is 2.64. The van der Waals surface area contributed by atoms with Crippen molar-refractivity contribution >= 4 is 5.97 Å². The molecule has 1 saturated carbocycles. The Kier molecular flexibility index (Phi) is 4.74. The molecule has 16 heavy (non-hydrogen) atoms. The second kappa shape index (κ2) is 5.64. The summed E-state index contributed by atoms with van der Waals surface area (Å²) in [6.45, 7) is 1.97. The number of esters is 1. The molecular weight excluding hydrogens is 206 g/mol. The van der Waals surface area contributed by atoms with Gasteiger partial charge < -0.3 is 15.2 Å². The van der Waals surface area contributed by atoms with Crippen LogP contribution in [0.4, 0.5) is 0 Å². The van der Waals surface area contributed by atoms with Crippen molar-refractivity contribution in [3.8, 4) is 0 Å². The first kappa shape index (κ1) is 13.5. The predicted molar refractivity (Wildman–Crippen MR) is 62.0 cm³/mol. The van der Waals surface area contributed by atoms with E-state index in [-0.39, 0.29) is 23.5 Å². The van der Waals surface area contributed by atoms with Crippen molar-refractivity contribution in [3.63, 3.8) is 0 Å². The first-order chi connectivity index (χ1) is 7.54. The Bertz CT molecular complexity index is 242. The van der Waals surface area contributed by atoms with E-state index in [1.165, 1.54) is 7.11 Å². The van der Waals surface area contributed by atoms with Crippen molar-refractivity contribution in [1.82, 2.24) is 0 Å². The predicted octanol–water partition coefficient (Wildman–Crippen LogP) is 1.47. The molecule has 0 heterocycles. The van der Waals surface area contributed by atoms with Crippen LogP contribution in [-0.4, -0.2) is 32.3 Å². The molecule has 0 aliphatic heterocycles. The van der Waals surface area contributed by atoms with Crippen molar-refractivity contribution < 1.29 is 14.3 Å². The maximum atomic E-state index is 11.5. The maximum Gasteiger partial charge on any atom is 0.306 e. The van der Waals surface area contributed by atoms with E-state index in [4.69, 9.17) is 15.2 Å². The fourth-order valence-corrected chi connectivity index (χ4v) is 2.64. The monoisotopic (exact) mass is 229 g/mol. The van der Waals surface area contributed by atoms with E-state index in [0.29, 0.717) is 6.42 Å². The molecule has 0 aromatic heterocycles. The normalized spacial score (nSPS) is 32.1. The number of methoxy groups -OCH3 is 2. The lowest BCUT2D eigenvalue weighted by Crippen LogP contribution is -2.46. The SMILES string of the molecule is COC(=O)CC1(C(C)N)CCCC(OC)C1. The highest BCUT2D eigenvalue weighted by atomic mass is 16.5. The number of ether oxygens (including phenoxy) is 2. The molecule has 1 rings (SSSR count). The zero-order valence-electron chi connectivity index (χ0n) is 10.5. The van der Waals surface area contributed by atoms with E-state index in [2.05, 4.69) is 0 Å². The summed E-state index contributed by atoms with van der Waals surface area (Å²) in [5.41, 5.74) is 5.91. The number of nitrogens with two attached hydrogens (primary N) is 1.